The van der Waals surface area contributed by atoms with E-state index < -0.39 is 0 Å². The first-order valence-electron chi connectivity index (χ1n) is 5.98. The van der Waals surface area contributed by atoms with E-state index in [0.29, 0.717) is 6.42 Å². The predicted molar refractivity (Wildman–Crippen MR) is 84.0 cm³/mol. The fourth-order valence-electron chi connectivity index (χ4n) is 2.14. The number of thiophene rings is 1. The van der Waals surface area contributed by atoms with Gasteiger partial charge in [-0.15, -0.1) is 11.3 Å². The highest BCUT2D eigenvalue weighted by Gasteiger charge is 2.11. The minimum atomic E-state index is 0.172. The molecule has 1 nitrogen and oxygen atoms in total. The molecule has 0 radical (unpaired) electrons. The summed E-state index contributed by atoms with van der Waals surface area (Å²) in [7, 11) is 0. The van der Waals surface area contributed by atoms with Gasteiger partial charge in [0, 0.05) is 21.2 Å². The molecule has 0 saturated carbocycles. The molecule has 3 rings (SSSR count). The fraction of sp³-hybridized carbons (Fsp3) is 0.0625. The van der Waals surface area contributed by atoms with E-state index in [4.69, 9.17) is 0 Å². The van der Waals surface area contributed by atoms with Gasteiger partial charge in [-0.25, -0.2) is 0 Å². The van der Waals surface area contributed by atoms with E-state index in [2.05, 4.69) is 22.0 Å². The predicted octanol–water partition coefficient (Wildman–Crippen LogP) is 5.09. The Morgan fingerprint density at radius 3 is 2.79 bits per heavy atom. The second-order valence-electron chi connectivity index (χ2n) is 4.37. The number of fused-ring (bicyclic) bond motifs is 1. The first-order chi connectivity index (χ1) is 9.24. The van der Waals surface area contributed by atoms with Gasteiger partial charge in [0.25, 0.3) is 0 Å². The van der Waals surface area contributed by atoms with E-state index in [1.54, 1.807) is 11.3 Å². The second-order valence-corrected chi connectivity index (χ2v) is 6.21. The Morgan fingerprint density at radius 2 is 1.95 bits per heavy atom. The number of ketones is 1. The van der Waals surface area contributed by atoms with Crippen LogP contribution in [0.4, 0.5) is 0 Å². The van der Waals surface area contributed by atoms with Crippen molar-refractivity contribution in [2.75, 3.05) is 0 Å². The summed E-state index contributed by atoms with van der Waals surface area (Å²) < 4.78 is 2.09. The second kappa shape index (κ2) is 5.27. The van der Waals surface area contributed by atoms with Gasteiger partial charge in [-0.1, -0.05) is 40.2 Å². The number of carbonyl (C=O) groups is 1. The smallest absolute Gasteiger partial charge is 0.168 e. The zero-order chi connectivity index (χ0) is 13.2. The first kappa shape index (κ1) is 12.6. The van der Waals surface area contributed by atoms with Crippen LogP contribution < -0.4 is 0 Å². The Labute approximate surface area is 124 Å². The molecule has 94 valence electrons. The zero-order valence-electron chi connectivity index (χ0n) is 10.1. The molecule has 0 aliphatic heterocycles. The van der Waals surface area contributed by atoms with Crippen molar-refractivity contribution in [1.82, 2.24) is 0 Å². The Morgan fingerprint density at radius 1 is 1.11 bits per heavy atom. The lowest BCUT2D eigenvalue weighted by Crippen LogP contribution is -2.03. The van der Waals surface area contributed by atoms with Crippen LogP contribution in [0.25, 0.3) is 10.1 Å². The normalized spacial score (nSPS) is 10.8. The van der Waals surface area contributed by atoms with Crippen LogP contribution in [0.3, 0.4) is 0 Å². The Bertz CT molecular complexity index is 745. The summed E-state index contributed by atoms with van der Waals surface area (Å²) in [6.45, 7) is 0. The van der Waals surface area contributed by atoms with Crippen LogP contribution in [0.15, 0.2) is 58.4 Å². The highest BCUT2D eigenvalue weighted by molar-refractivity contribution is 9.10. The summed E-state index contributed by atoms with van der Waals surface area (Å²) in [6.07, 6.45) is 0.441. The number of carbonyl (C=O) groups excluding carboxylic acids is 1. The Hall–Kier alpha value is -1.45. The maximum atomic E-state index is 12.4. The van der Waals surface area contributed by atoms with E-state index >= 15 is 0 Å². The summed E-state index contributed by atoms with van der Waals surface area (Å²) in [5, 5.41) is 3.17. The monoisotopic (exact) mass is 330 g/mol. The molecule has 1 heterocycles. The lowest BCUT2D eigenvalue weighted by molar-refractivity contribution is 0.0994. The molecule has 3 heteroatoms. The molecule has 1 aromatic heterocycles. The minimum Gasteiger partial charge on any atom is -0.294 e. The standard InChI is InChI=1S/C16H11BrOS/c17-13-5-1-3-11(9-13)10-15(18)14-6-2-4-12-7-8-19-16(12)14/h1-9H,10H2. The van der Waals surface area contributed by atoms with Gasteiger partial charge in [-0.2, -0.15) is 0 Å². The molecule has 0 spiro atoms. The maximum absolute atomic E-state index is 12.4. The molecule has 0 N–H and O–H groups in total. The number of hydrogen-bond acceptors (Lipinski definition) is 2. The molecular weight excluding hydrogens is 320 g/mol. The molecule has 0 atom stereocenters. The first-order valence-corrected chi connectivity index (χ1v) is 7.65. The lowest BCUT2D eigenvalue weighted by atomic mass is 10.0. The summed E-state index contributed by atoms with van der Waals surface area (Å²) >= 11 is 5.06. The molecular formula is C16H11BrOS. The number of halogens is 1. The average molecular weight is 331 g/mol. The molecule has 0 amide bonds. The Balaban J connectivity index is 1.94. The largest absolute Gasteiger partial charge is 0.294 e. The van der Waals surface area contributed by atoms with E-state index in [-0.39, 0.29) is 5.78 Å². The van der Waals surface area contributed by atoms with Crippen LogP contribution in [0.1, 0.15) is 15.9 Å². The van der Waals surface area contributed by atoms with E-state index in [0.717, 1.165) is 25.7 Å². The summed E-state index contributed by atoms with van der Waals surface area (Å²) in [5.41, 5.74) is 1.86. The van der Waals surface area contributed by atoms with Gasteiger partial charge in [-0.3, -0.25) is 4.79 Å². The van der Waals surface area contributed by atoms with Gasteiger partial charge in [0.1, 0.15) is 0 Å². The third-order valence-corrected chi connectivity index (χ3v) is 4.49. The third kappa shape index (κ3) is 2.62. The van der Waals surface area contributed by atoms with Gasteiger partial charge in [-0.05, 0) is 40.6 Å². The van der Waals surface area contributed by atoms with Crippen LogP contribution in [-0.4, -0.2) is 5.78 Å². The maximum Gasteiger partial charge on any atom is 0.168 e. The number of rotatable bonds is 3. The van der Waals surface area contributed by atoms with Gasteiger partial charge in [0.05, 0.1) is 0 Å². The topological polar surface area (TPSA) is 17.1 Å². The molecule has 3 aromatic rings. The summed E-state index contributed by atoms with van der Waals surface area (Å²) in [4.78, 5) is 12.4. The third-order valence-electron chi connectivity index (χ3n) is 3.03. The van der Waals surface area contributed by atoms with E-state index in [1.807, 2.05) is 47.8 Å². The van der Waals surface area contributed by atoms with Crippen LogP contribution in [0, 0.1) is 0 Å². The molecule has 0 aliphatic rings. The molecule has 2 aromatic carbocycles. The van der Waals surface area contributed by atoms with Crippen molar-refractivity contribution in [1.29, 1.82) is 0 Å². The highest BCUT2D eigenvalue weighted by atomic mass is 79.9. The van der Waals surface area contributed by atoms with Crippen LogP contribution in [0.5, 0.6) is 0 Å². The van der Waals surface area contributed by atoms with Crippen LogP contribution in [-0.2, 0) is 6.42 Å². The van der Waals surface area contributed by atoms with Crippen molar-refractivity contribution in [2.24, 2.45) is 0 Å². The van der Waals surface area contributed by atoms with Crippen molar-refractivity contribution < 1.29 is 4.79 Å². The molecule has 0 aliphatic carbocycles. The van der Waals surface area contributed by atoms with Crippen molar-refractivity contribution in [3.63, 3.8) is 0 Å². The molecule has 0 fully saturated rings. The molecule has 19 heavy (non-hydrogen) atoms. The van der Waals surface area contributed by atoms with Crippen molar-refractivity contribution in [2.45, 2.75) is 6.42 Å². The minimum absolute atomic E-state index is 0.172. The number of hydrogen-bond donors (Lipinski definition) is 0. The quantitative estimate of drug-likeness (QED) is 0.611. The van der Waals surface area contributed by atoms with E-state index in [9.17, 15) is 4.79 Å². The van der Waals surface area contributed by atoms with Crippen LogP contribution >= 0.6 is 27.3 Å². The fourth-order valence-corrected chi connectivity index (χ4v) is 3.52. The van der Waals surface area contributed by atoms with Crippen molar-refractivity contribution in [3.8, 4) is 0 Å². The summed E-state index contributed by atoms with van der Waals surface area (Å²) in [5.74, 6) is 0.172. The molecule has 0 saturated heterocycles. The van der Waals surface area contributed by atoms with Crippen molar-refractivity contribution >= 4 is 43.1 Å². The number of Topliss-reactive ketones (excluding diaryl/α,β-unsaturated/α-hetero) is 1. The van der Waals surface area contributed by atoms with Crippen molar-refractivity contribution in [3.05, 3.63) is 69.5 Å². The zero-order valence-corrected chi connectivity index (χ0v) is 12.5. The number of benzene rings is 2. The lowest BCUT2D eigenvalue weighted by Gasteiger charge is -2.03. The summed E-state index contributed by atoms with van der Waals surface area (Å²) in [6, 6.07) is 15.9. The van der Waals surface area contributed by atoms with Crippen LogP contribution in [0.2, 0.25) is 0 Å². The Kier molecular flexibility index (Phi) is 3.49. The average Bonchev–Trinajstić information content (AvgIpc) is 2.86. The molecule has 0 unspecified atom stereocenters. The van der Waals surface area contributed by atoms with Gasteiger partial charge < -0.3 is 0 Å². The van der Waals surface area contributed by atoms with Gasteiger partial charge >= 0.3 is 0 Å². The van der Waals surface area contributed by atoms with Gasteiger partial charge in [0.2, 0.25) is 0 Å². The van der Waals surface area contributed by atoms with Gasteiger partial charge in [0.15, 0.2) is 5.78 Å². The van der Waals surface area contributed by atoms with E-state index in [1.165, 1.54) is 0 Å². The SMILES string of the molecule is O=C(Cc1cccc(Br)c1)c1cccc2ccsc12. The highest BCUT2D eigenvalue weighted by Crippen LogP contribution is 2.26. The molecule has 0 bridgehead atoms.